The molecule has 22 heavy (non-hydrogen) atoms. The fraction of sp³-hybridized carbons (Fsp3) is 0.533. The quantitative estimate of drug-likeness (QED) is 0.850. The number of aromatic nitrogens is 1. The first kappa shape index (κ1) is 16.1. The molecule has 1 aliphatic heterocycles. The van der Waals surface area contributed by atoms with Crippen molar-refractivity contribution in [3.63, 3.8) is 0 Å². The highest BCUT2D eigenvalue weighted by Crippen LogP contribution is 2.24. The number of aliphatic carboxylic acids is 1. The van der Waals surface area contributed by atoms with Crippen LogP contribution < -0.4 is 5.56 Å². The van der Waals surface area contributed by atoms with Gasteiger partial charge < -0.3 is 19.7 Å². The molecule has 7 nitrogen and oxygen atoms in total. The van der Waals surface area contributed by atoms with Crippen molar-refractivity contribution in [1.82, 2.24) is 9.47 Å². The second kappa shape index (κ2) is 6.21. The van der Waals surface area contributed by atoms with Gasteiger partial charge in [-0.25, -0.2) is 0 Å². The molecule has 0 radical (unpaired) electrons. The zero-order valence-electron chi connectivity index (χ0n) is 12.7. The third-order valence-electron chi connectivity index (χ3n) is 4.24. The SMILES string of the molecule is Cc1cc(O)cc(=O)n1CC(=O)N1CCC[C@@H](C(=O)O)[C@H]1C. The van der Waals surface area contributed by atoms with Crippen molar-refractivity contribution in [3.05, 3.63) is 28.2 Å². The van der Waals surface area contributed by atoms with Gasteiger partial charge >= 0.3 is 5.97 Å². The minimum absolute atomic E-state index is 0.136. The van der Waals surface area contributed by atoms with Gasteiger partial charge in [0.15, 0.2) is 0 Å². The van der Waals surface area contributed by atoms with E-state index >= 15 is 0 Å². The average molecular weight is 308 g/mol. The van der Waals surface area contributed by atoms with E-state index in [0.717, 1.165) is 6.07 Å². The standard InChI is InChI=1S/C15H20N2O5/c1-9-6-11(18)7-13(19)17(9)8-14(20)16-5-3-4-12(10(16)2)15(21)22/h6-7,10,12,18H,3-5,8H2,1-2H3,(H,21,22)/t10-,12-/m1/s1. The van der Waals surface area contributed by atoms with Crippen LogP contribution in [-0.4, -0.2) is 44.1 Å². The summed E-state index contributed by atoms with van der Waals surface area (Å²) in [6.45, 7) is 3.70. The lowest BCUT2D eigenvalue weighted by atomic mass is 9.90. The summed E-state index contributed by atoms with van der Waals surface area (Å²) in [6.07, 6.45) is 1.19. The number of carbonyl (C=O) groups excluding carboxylic acids is 1. The monoisotopic (exact) mass is 308 g/mol. The van der Waals surface area contributed by atoms with Crippen molar-refractivity contribution in [2.75, 3.05) is 6.54 Å². The van der Waals surface area contributed by atoms with E-state index in [1.807, 2.05) is 0 Å². The molecule has 1 amide bonds. The predicted molar refractivity (Wildman–Crippen MR) is 78.6 cm³/mol. The van der Waals surface area contributed by atoms with Crippen LogP contribution in [0.4, 0.5) is 0 Å². The number of hydrogen-bond acceptors (Lipinski definition) is 4. The summed E-state index contributed by atoms with van der Waals surface area (Å²) in [4.78, 5) is 37.1. The highest BCUT2D eigenvalue weighted by molar-refractivity contribution is 5.78. The van der Waals surface area contributed by atoms with Gasteiger partial charge in [0, 0.05) is 24.3 Å². The van der Waals surface area contributed by atoms with Crippen molar-refractivity contribution in [2.24, 2.45) is 5.92 Å². The molecular weight excluding hydrogens is 288 g/mol. The van der Waals surface area contributed by atoms with E-state index in [1.54, 1.807) is 13.8 Å². The second-order valence-electron chi connectivity index (χ2n) is 5.69. The summed E-state index contributed by atoms with van der Waals surface area (Å²) in [7, 11) is 0. The van der Waals surface area contributed by atoms with Gasteiger partial charge in [0.2, 0.25) is 5.91 Å². The molecule has 7 heteroatoms. The number of amides is 1. The molecule has 2 rings (SSSR count). The zero-order chi connectivity index (χ0) is 16.4. The number of rotatable bonds is 3. The van der Waals surface area contributed by atoms with E-state index < -0.39 is 23.5 Å². The summed E-state index contributed by atoms with van der Waals surface area (Å²) in [5, 5.41) is 18.6. The minimum Gasteiger partial charge on any atom is -0.508 e. The molecule has 1 fully saturated rings. The van der Waals surface area contributed by atoms with Gasteiger partial charge in [-0.15, -0.1) is 0 Å². The molecule has 2 atom stereocenters. The normalized spacial score (nSPS) is 21.6. The maximum Gasteiger partial charge on any atom is 0.308 e. The molecule has 1 aromatic heterocycles. The predicted octanol–water partition coefficient (Wildman–Crippen LogP) is 0.574. The number of piperidine rings is 1. The molecule has 0 aliphatic carbocycles. The second-order valence-corrected chi connectivity index (χ2v) is 5.69. The summed E-state index contributed by atoms with van der Waals surface area (Å²) in [5.74, 6) is -1.89. The Bertz CT molecular complexity index is 652. The summed E-state index contributed by atoms with van der Waals surface area (Å²) in [5.41, 5.74) is 0.0306. The fourth-order valence-corrected chi connectivity index (χ4v) is 2.97. The van der Waals surface area contributed by atoms with Gasteiger partial charge in [0.1, 0.15) is 12.3 Å². The van der Waals surface area contributed by atoms with Crippen LogP contribution in [0.2, 0.25) is 0 Å². The van der Waals surface area contributed by atoms with Crippen LogP contribution in [0.25, 0.3) is 0 Å². The van der Waals surface area contributed by atoms with Gasteiger partial charge in [0.05, 0.1) is 5.92 Å². The van der Waals surface area contributed by atoms with Crippen molar-refractivity contribution in [3.8, 4) is 5.75 Å². The van der Waals surface area contributed by atoms with Gasteiger partial charge in [-0.3, -0.25) is 14.4 Å². The Morgan fingerprint density at radius 2 is 2.05 bits per heavy atom. The Morgan fingerprint density at radius 1 is 1.36 bits per heavy atom. The van der Waals surface area contributed by atoms with Crippen molar-refractivity contribution in [1.29, 1.82) is 0 Å². The molecule has 1 saturated heterocycles. The van der Waals surface area contributed by atoms with Gasteiger partial charge in [-0.05, 0) is 32.8 Å². The highest BCUT2D eigenvalue weighted by atomic mass is 16.4. The van der Waals surface area contributed by atoms with Crippen LogP contribution in [0.5, 0.6) is 5.75 Å². The molecule has 120 valence electrons. The Hall–Kier alpha value is -2.31. The van der Waals surface area contributed by atoms with Crippen LogP contribution in [0.1, 0.15) is 25.5 Å². The van der Waals surface area contributed by atoms with Crippen molar-refractivity contribution < 1.29 is 19.8 Å². The largest absolute Gasteiger partial charge is 0.508 e. The minimum atomic E-state index is -0.900. The average Bonchev–Trinajstić information content (AvgIpc) is 2.42. The molecule has 1 aliphatic rings. The number of carbonyl (C=O) groups is 2. The molecule has 0 saturated carbocycles. The van der Waals surface area contributed by atoms with E-state index in [1.165, 1.54) is 15.5 Å². The lowest BCUT2D eigenvalue weighted by Crippen LogP contribution is -2.50. The molecule has 1 aromatic rings. The first-order chi connectivity index (χ1) is 10.3. The van der Waals surface area contributed by atoms with Crippen molar-refractivity contribution in [2.45, 2.75) is 39.3 Å². The first-order valence-corrected chi connectivity index (χ1v) is 7.24. The Morgan fingerprint density at radius 3 is 2.64 bits per heavy atom. The molecule has 0 aromatic carbocycles. The maximum absolute atomic E-state index is 12.4. The van der Waals surface area contributed by atoms with Crippen molar-refractivity contribution >= 4 is 11.9 Å². The summed E-state index contributed by atoms with van der Waals surface area (Å²) < 4.78 is 1.28. The number of aromatic hydroxyl groups is 1. The van der Waals surface area contributed by atoms with Crippen LogP contribution in [0.3, 0.4) is 0 Å². The van der Waals surface area contributed by atoms with Crippen LogP contribution in [-0.2, 0) is 16.1 Å². The molecule has 0 bridgehead atoms. The maximum atomic E-state index is 12.4. The number of likely N-dealkylation sites (tertiary alicyclic amines) is 1. The van der Waals surface area contributed by atoms with E-state index in [2.05, 4.69) is 0 Å². The number of nitrogens with zero attached hydrogens (tertiary/aromatic N) is 2. The Labute approximate surface area is 127 Å². The molecule has 0 spiro atoms. The third-order valence-corrected chi connectivity index (χ3v) is 4.24. The number of pyridine rings is 1. The first-order valence-electron chi connectivity index (χ1n) is 7.24. The van der Waals surface area contributed by atoms with Crippen LogP contribution >= 0.6 is 0 Å². The smallest absolute Gasteiger partial charge is 0.308 e. The van der Waals surface area contributed by atoms with E-state index in [-0.39, 0.29) is 18.2 Å². The van der Waals surface area contributed by atoms with E-state index in [9.17, 15) is 24.6 Å². The van der Waals surface area contributed by atoms with E-state index in [0.29, 0.717) is 25.1 Å². The molecule has 0 unspecified atom stereocenters. The lowest BCUT2D eigenvalue weighted by Gasteiger charge is -2.37. The van der Waals surface area contributed by atoms with Gasteiger partial charge in [0.25, 0.3) is 5.56 Å². The lowest BCUT2D eigenvalue weighted by molar-refractivity contribution is -0.149. The fourth-order valence-electron chi connectivity index (χ4n) is 2.97. The number of hydrogen-bond donors (Lipinski definition) is 2. The van der Waals surface area contributed by atoms with E-state index in [4.69, 9.17) is 0 Å². The van der Waals surface area contributed by atoms with Gasteiger partial charge in [-0.1, -0.05) is 0 Å². The number of carboxylic acid groups (broad SMARTS) is 1. The molecule has 2 N–H and O–H groups in total. The van der Waals surface area contributed by atoms with Crippen LogP contribution in [0, 0.1) is 12.8 Å². The summed E-state index contributed by atoms with van der Waals surface area (Å²) in [6, 6.07) is 2.07. The Balaban J connectivity index is 2.19. The number of aryl methyl sites for hydroxylation is 1. The molecule has 2 heterocycles. The molecular formula is C15H20N2O5. The summed E-state index contributed by atoms with van der Waals surface area (Å²) >= 11 is 0. The third kappa shape index (κ3) is 3.13. The van der Waals surface area contributed by atoms with Crippen LogP contribution in [0.15, 0.2) is 16.9 Å². The number of carboxylic acids is 1. The van der Waals surface area contributed by atoms with Gasteiger partial charge in [-0.2, -0.15) is 0 Å². The Kier molecular flexibility index (Phi) is 4.54. The highest BCUT2D eigenvalue weighted by Gasteiger charge is 2.35. The topological polar surface area (TPSA) is 99.8 Å². The zero-order valence-corrected chi connectivity index (χ0v) is 12.7.